The number of rotatable bonds is 9. The highest BCUT2D eigenvalue weighted by atomic mass is 79.9. The van der Waals surface area contributed by atoms with Crippen LogP contribution in [0.25, 0.3) is 6.08 Å². The number of nitrogens with one attached hydrogen (secondary N) is 1. The fourth-order valence-corrected chi connectivity index (χ4v) is 5.45. The van der Waals surface area contributed by atoms with Crippen LogP contribution in [0.1, 0.15) is 18.1 Å². The van der Waals surface area contributed by atoms with E-state index in [1.165, 1.54) is 16.7 Å². The lowest BCUT2D eigenvalue weighted by Crippen LogP contribution is -2.27. The normalized spacial score (nSPS) is 14.1. The number of halogens is 1. The SMILES string of the molecule is CCOc1cc(/C=C2\SC(=S)N(c3ccc(OC)cc3)C2=O)ccc1OCC(=O)Nc1ccc(Br)cc1C. The zero-order chi connectivity index (χ0) is 27.2. The van der Waals surface area contributed by atoms with Gasteiger partial charge in [0.1, 0.15) is 5.75 Å². The van der Waals surface area contributed by atoms with Crippen molar-refractivity contribution < 1.29 is 23.8 Å². The Morgan fingerprint density at radius 3 is 2.53 bits per heavy atom. The van der Waals surface area contributed by atoms with Gasteiger partial charge in [0, 0.05) is 10.2 Å². The summed E-state index contributed by atoms with van der Waals surface area (Å²) in [5.41, 5.74) is 3.07. The van der Waals surface area contributed by atoms with Crippen LogP contribution in [0.5, 0.6) is 17.2 Å². The fourth-order valence-electron chi connectivity index (χ4n) is 3.67. The molecule has 4 rings (SSSR count). The predicted octanol–water partition coefficient (Wildman–Crippen LogP) is 6.59. The van der Waals surface area contributed by atoms with Crippen LogP contribution >= 0.6 is 39.9 Å². The van der Waals surface area contributed by atoms with Crippen LogP contribution in [0.4, 0.5) is 11.4 Å². The summed E-state index contributed by atoms with van der Waals surface area (Å²) in [5, 5.41) is 2.85. The van der Waals surface area contributed by atoms with E-state index in [-0.39, 0.29) is 18.4 Å². The van der Waals surface area contributed by atoms with Gasteiger partial charge in [-0.1, -0.05) is 46.0 Å². The fraction of sp³-hybridized carbons (Fsp3) is 0.179. The number of nitrogens with zero attached hydrogens (tertiary/aromatic N) is 1. The van der Waals surface area contributed by atoms with Crippen LogP contribution in [-0.2, 0) is 9.59 Å². The van der Waals surface area contributed by atoms with Crippen LogP contribution in [-0.4, -0.2) is 36.5 Å². The quantitative estimate of drug-likeness (QED) is 0.216. The molecule has 7 nitrogen and oxygen atoms in total. The minimum absolute atomic E-state index is 0.185. The molecule has 3 aromatic carbocycles. The number of carbonyl (C=O) groups excluding carboxylic acids is 2. The lowest BCUT2D eigenvalue weighted by Gasteiger charge is -2.15. The molecule has 0 bridgehead atoms. The van der Waals surface area contributed by atoms with Crippen molar-refractivity contribution in [3.63, 3.8) is 0 Å². The molecule has 3 aromatic rings. The Balaban J connectivity index is 1.47. The second-order valence-corrected chi connectivity index (χ2v) is 10.7. The molecule has 196 valence electrons. The van der Waals surface area contributed by atoms with Crippen molar-refractivity contribution in [3.05, 3.63) is 81.2 Å². The average molecular weight is 614 g/mol. The van der Waals surface area contributed by atoms with Crippen LogP contribution < -0.4 is 24.4 Å². The molecule has 10 heteroatoms. The van der Waals surface area contributed by atoms with Crippen molar-refractivity contribution in [1.29, 1.82) is 0 Å². The Bertz CT molecular complexity index is 1410. The van der Waals surface area contributed by atoms with Crippen LogP contribution in [0.2, 0.25) is 0 Å². The van der Waals surface area contributed by atoms with E-state index in [0.717, 1.165) is 15.6 Å². The summed E-state index contributed by atoms with van der Waals surface area (Å²) >= 11 is 10.1. The molecule has 0 aliphatic carbocycles. The van der Waals surface area contributed by atoms with Crippen molar-refractivity contribution >= 4 is 73.5 Å². The number of hydrogen-bond donors (Lipinski definition) is 1. The Labute approximate surface area is 239 Å². The summed E-state index contributed by atoms with van der Waals surface area (Å²) in [7, 11) is 1.59. The van der Waals surface area contributed by atoms with Gasteiger partial charge >= 0.3 is 0 Å². The van der Waals surface area contributed by atoms with Crippen molar-refractivity contribution in [2.75, 3.05) is 30.5 Å². The van der Waals surface area contributed by atoms with E-state index in [1.54, 1.807) is 55.7 Å². The number of thioether (sulfide) groups is 1. The highest BCUT2D eigenvalue weighted by Gasteiger charge is 2.33. The molecule has 0 unspecified atom stereocenters. The maximum absolute atomic E-state index is 13.1. The summed E-state index contributed by atoms with van der Waals surface area (Å²) in [5.74, 6) is 1.10. The van der Waals surface area contributed by atoms with E-state index < -0.39 is 0 Å². The molecule has 0 radical (unpaired) electrons. The van der Waals surface area contributed by atoms with Crippen molar-refractivity contribution in [1.82, 2.24) is 0 Å². The first-order valence-corrected chi connectivity index (χ1v) is 13.7. The molecule has 0 aromatic heterocycles. The van der Waals surface area contributed by atoms with E-state index >= 15 is 0 Å². The minimum Gasteiger partial charge on any atom is -0.497 e. The molecule has 2 amide bonds. The summed E-state index contributed by atoms with van der Waals surface area (Å²) in [6.45, 7) is 4.00. The third-order valence-corrected chi connectivity index (χ3v) is 7.31. The number of anilines is 2. The highest BCUT2D eigenvalue weighted by molar-refractivity contribution is 9.10. The zero-order valence-electron chi connectivity index (χ0n) is 20.9. The van der Waals surface area contributed by atoms with Gasteiger partial charge in [0.05, 0.1) is 24.3 Å². The van der Waals surface area contributed by atoms with Crippen molar-refractivity contribution in [3.8, 4) is 17.2 Å². The molecule has 0 spiro atoms. The number of thiocarbonyl (C=S) groups is 1. The second kappa shape index (κ2) is 12.5. The molecular formula is C28H25BrN2O5S2. The minimum atomic E-state index is -0.288. The number of hydrogen-bond acceptors (Lipinski definition) is 7. The molecular weight excluding hydrogens is 588 g/mol. The molecule has 1 fully saturated rings. The van der Waals surface area contributed by atoms with Gasteiger partial charge in [-0.15, -0.1) is 0 Å². The molecule has 1 aliphatic rings. The Morgan fingerprint density at radius 1 is 1.08 bits per heavy atom. The van der Waals surface area contributed by atoms with E-state index in [2.05, 4.69) is 21.2 Å². The smallest absolute Gasteiger partial charge is 0.270 e. The molecule has 1 aliphatic heterocycles. The van der Waals surface area contributed by atoms with Gasteiger partial charge in [-0.2, -0.15) is 0 Å². The van der Waals surface area contributed by atoms with Gasteiger partial charge in [-0.05, 0) is 85.6 Å². The third-order valence-electron chi connectivity index (χ3n) is 5.51. The van der Waals surface area contributed by atoms with E-state index in [1.807, 2.05) is 32.0 Å². The third kappa shape index (κ3) is 6.56. The largest absolute Gasteiger partial charge is 0.497 e. The number of amides is 2. The number of benzene rings is 3. The van der Waals surface area contributed by atoms with E-state index in [4.69, 9.17) is 26.4 Å². The summed E-state index contributed by atoms with van der Waals surface area (Å²) in [6.07, 6.45) is 1.76. The second-order valence-electron chi connectivity index (χ2n) is 8.15. The van der Waals surface area contributed by atoms with Crippen LogP contribution in [0.15, 0.2) is 70.0 Å². The van der Waals surface area contributed by atoms with Crippen LogP contribution in [0.3, 0.4) is 0 Å². The van der Waals surface area contributed by atoms with Crippen molar-refractivity contribution in [2.24, 2.45) is 0 Å². The first-order chi connectivity index (χ1) is 18.3. The Kier molecular flexibility index (Phi) is 9.09. The average Bonchev–Trinajstić information content (AvgIpc) is 3.17. The van der Waals surface area contributed by atoms with Gasteiger partial charge < -0.3 is 19.5 Å². The first-order valence-electron chi connectivity index (χ1n) is 11.7. The van der Waals surface area contributed by atoms with Gasteiger partial charge in [-0.3, -0.25) is 14.5 Å². The summed E-state index contributed by atoms with van der Waals surface area (Å²) in [6, 6.07) is 18.1. The lowest BCUT2D eigenvalue weighted by atomic mass is 10.1. The lowest BCUT2D eigenvalue weighted by molar-refractivity contribution is -0.118. The number of methoxy groups -OCH3 is 1. The molecule has 0 atom stereocenters. The number of aryl methyl sites for hydroxylation is 1. The molecule has 1 heterocycles. The molecule has 38 heavy (non-hydrogen) atoms. The number of ether oxygens (including phenoxy) is 3. The van der Waals surface area contributed by atoms with Gasteiger partial charge in [-0.25, -0.2) is 0 Å². The molecule has 0 saturated carbocycles. The molecule has 1 N–H and O–H groups in total. The van der Waals surface area contributed by atoms with E-state index in [0.29, 0.717) is 44.5 Å². The highest BCUT2D eigenvalue weighted by Crippen LogP contribution is 2.37. The van der Waals surface area contributed by atoms with Crippen LogP contribution in [0, 0.1) is 6.92 Å². The standard InChI is InChI=1S/C28H25BrN2O5S2/c1-4-35-24-14-18(5-12-23(24)36-16-26(32)30-22-11-6-19(29)13-17(22)2)15-25-27(33)31(28(37)38-25)20-7-9-21(34-3)10-8-20/h5-15H,4,16H2,1-3H3,(H,30,32)/b25-15-. The number of carbonyl (C=O) groups is 2. The monoisotopic (exact) mass is 612 g/mol. The van der Waals surface area contributed by atoms with E-state index in [9.17, 15) is 9.59 Å². The topological polar surface area (TPSA) is 77.1 Å². The Morgan fingerprint density at radius 2 is 1.84 bits per heavy atom. The summed E-state index contributed by atoms with van der Waals surface area (Å²) in [4.78, 5) is 27.6. The summed E-state index contributed by atoms with van der Waals surface area (Å²) < 4.78 is 18.1. The molecule has 1 saturated heterocycles. The Hall–Kier alpha value is -3.34. The van der Waals surface area contributed by atoms with Gasteiger partial charge in [0.25, 0.3) is 11.8 Å². The maximum atomic E-state index is 13.1. The van der Waals surface area contributed by atoms with Gasteiger partial charge in [0.15, 0.2) is 22.4 Å². The zero-order valence-corrected chi connectivity index (χ0v) is 24.2. The maximum Gasteiger partial charge on any atom is 0.270 e. The predicted molar refractivity (Wildman–Crippen MR) is 159 cm³/mol. The van der Waals surface area contributed by atoms with Crippen molar-refractivity contribution in [2.45, 2.75) is 13.8 Å². The van der Waals surface area contributed by atoms with Gasteiger partial charge in [0.2, 0.25) is 0 Å². The first kappa shape index (κ1) is 27.7.